The number of thiazole rings is 1. The molecule has 1 amide bonds. The van der Waals surface area contributed by atoms with Crippen molar-refractivity contribution in [3.05, 3.63) is 92.2 Å². The highest BCUT2D eigenvalue weighted by Crippen LogP contribution is 2.36. The summed E-state index contributed by atoms with van der Waals surface area (Å²) in [6, 6.07) is 19.1. The molecule has 8 nitrogen and oxygen atoms in total. The highest BCUT2D eigenvalue weighted by Gasteiger charge is 2.19. The number of nitrogens with zero attached hydrogens (tertiary/aromatic N) is 3. The summed E-state index contributed by atoms with van der Waals surface area (Å²) in [5, 5.41) is 11.2. The number of ether oxygens (including phenoxy) is 2. The monoisotopic (exact) mass is 509 g/mol. The first-order valence-corrected chi connectivity index (χ1v) is 11.5. The predicted molar refractivity (Wildman–Crippen MR) is 135 cm³/mol. The molecule has 1 heterocycles. The molecule has 3 aromatic carbocycles. The molecular formula is C25H20ClN3O5S. The molecule has 0 bridgehead atoms. The SMILES string of the molecule is COc1ccc(-c2sc(=NC(=O)c3ccc(Cl)c([N+](=O)[O-])c3)n(C)c2-c2ccc(OC)cc2)cc1. The maximum absolute atomic E-state index is 12.9. The summed E-state index contributed by atoms with van der Waals surface area (Å²) < 4.78 is 12.4. The minimum Gasteiger partial charge on any atom is -0.497 e. The molecule has 0 atom stereocenters. The van der Waals surface area contributed by atoms with E-state index in [1.807, 2.05) is 60.1 Å². The van der Waals surface area contributed by atoms with Crippen LogP contribution in [0.4, 0.5) is 5.69 Å². The number of methoxy groups -OCH3 is 2. The molecule has 0 spiro atoms. The second-order valence-corrected chi connectivity index (χ2v) is 8.80. The number of carbonyl (C=O) groups excluding carboxylic acids is 1. The molecule has 10 heteroatoms. The fourth-order valence-electron chi connectivity index (χ4n) is 3.50. The van der Waals surface area contributed by atoms with Crippen LogP contribution in [-0.4, -0.2) is 29.6 Å². The Morgan fingerprint density at radius 1 is 0.971 bits per heavy atom. The Kier molecular flexibility index (Phi) is 6.99. The number of benzene rings is 3. The zero-order valence-electron chi connectivity index (χ0n) is 19.0. The van der Waals surface area contributed by atoms with E-state index >= 15 is 0 Å². The van der Waals surface area contributed by atoms with Gasteiger partial charge < -0.3 is 14.0 Å². The Hall–Kier alpha value is -3.95. The van der Waals surface area contributed by atoms with Crippen LogP contribution in [0.1, 0.15) is 10.4 Å². The van der Waals surface area contributed by atoms with E-state index in [-0.39, 0.29) is 16.3 Å². The third kappa shape index (κ3) is 4.96. The minimum absolute atomic E-state index is 0.0446. The van der Waals surface area contributed by atoms with Crippen LogP contribution < -0.4 is 14.3 Å². The molecular weight excluding hydrogens is 490 g/mol. The summed E-state index contributed by atoms with van der Waals surface area (Å²) >= 11 is 7.22. The normalized spacial score (nSPS) is 11.4. The summed E-state index contributed by atoms with van der Waals surface area (Å²) in [7, 11) is 5.03. The topological polar surface area (TPSA) is 96.0 Å². The molecule has 178 valence electrons. The molecule has 0 fully saturated rings. The number of carbonyl (C=O) groups is 1. The van der Waals surface area contributed by atoms with Crippen molar-refractivity contribution in [3.63, 3.8) is 0 Å². The summed E-state index contributed by atoms with van der Waals surface area (Å²) in [4.78, 5) is 29.1. The smallest absolute Gasteiger partial charge is 0.288 e. The van der Waals surface area contributed by atoms with Gasteiger partial charge >= 0.3 is 0 Å². The molecule has 0 N–H and O–H groups in total. The predicted octanol–water partition coefficient (Wildman–Crippen LogP) is 5.74. The zero-order chi connectivity index (χ0) is 25.1. The molecule has 0 saturated heterocycles. The van der Waals surface area contributed by atoms with Gasteiger partial charge in [-0.2, -0.15) is 4.99 Å². The van der Waals surface area contributed by atoms with Crippen LogP contribution in [0.3, 0.4) is 0 Å². The van der Waals surface area contributed by atoms with Crippen LogP contribution in [0.15, 0.2) is 71.7 Å². The summed E-state index contributed by atoms with van der Waals surface area (Å²) in [6.07, 6.45) is 0. The summed E-state index contributed by atoms with van der Waals surface area (Å²) in [6.45, 7) is 0. The number of hydrogen-bond donors (Lipinski definition) is 0. The zero-order valence-corrected chi connectivity index (χ0v) is 20.6. The van der Waals surface area contributed by atoms with Gasteiger partial charge in [0, 0.05) is 18.7 Å². The molecule has 4 aromatic rings. The average molecular weight is 510 g/mol. The first-order valence-electron chi connectivity index (χ1n) is 10.3. The molecule has 0 unspecified atom stereocenters. The minimum atomic E-state index is -0.631. The third-order valence-electron chi connectivity index (χ3n) is 5.33. The van der Waals surface area contributed by atoms with E-state index in [9.17, 15) is 14.9 Å². The van der Waals surface area contributed by atoms with Gasteiger partial charge in [-0.1, -0.05) is 22.9 Å². The van der Waals surface area contributed by atoms with Gasteiger partial charge in [0.15, 0.2) is 4.80 Å². The maximum Gasteiger partial charge on any atom is 0.288 e. The van der Waals surface area contributed by atoms with Gasteiger partial charge in [-0.3, -0.25) is 14.9 Å². The van der Waals surface area contributed by atoms with Crippen LogP contribution in [0.25, 0.3) is 21.7 Å². The molecule has 0 aliphatic rings. The highest BCUT2D eigenvalue weighted by molar-refractivity contribution is 7.13. The second kappa shape index (κ2) is 10.1. The van der Waals surface area contributed by atoms with Crippen molar-refractivity contribution in [1.82, 2.24) is 4.57 Å². The van der Waals surface area contributed by atoms with Gasteiger partial charge in [0.25, 0.3) is 11.6 Å². The number of nitro groups is 1. The van der Waals surface area contributed by atoms with Crippen molar-refractivity contribution >= 4 is 34.5 Å². The van der Waals surface area contributed by atoms with Gasteiger partial charge in [-0.15, -0.1) is 0 Å². The van der Waals surface area contributed by atoms with E-state index in [2.05, 4.69) is 4.99 Å². The third-order valence-corrected chi connectivity index (χ3v) is 6.83. The van der Waals surface area contributed by atoms with Crippen LogP contribution >= 0.6 is 22.9 Å². The first kappa shape index (κ1) is 24.2. The number of nitro benzene ring substituents is 1. The Bertz CT molecular complexity index is 1470. The average Bonchev–Trinajstić information content (AvgIpc) is 3.19. The van der Waals surface area contributed by atoms with Crippen LogP contribution in [-0.2, 0) is 7.05 Å². The molecule has 35 heavy (non-hydrogen) atoms. The molecule has 1 aromatic heterocycles. The van der Waals surface area contributed by atoms with Gasteiger partial charge in [0.1, 0.15) is 16.5 Å². The van der Waals surface area contributed by atoms with E-state index in [1.165, 1.54) is 23.5 Å². The standard InChI is InChI=1S/C25H20ClN3O5S/c1-28-22(15-4-9-18(33-2)10-5-15)23(16-6-11-19(34-3)12-7-16)35-25(28)27-24(30)17-8-13-20(26)21(14-17)29(31)32/h4-14H,1-3H3. The van der Waals surface area contributed by atoms with Crippen LogP contribution in [0.5, 0.6) is 11.5 Å². The fourth-order valence-corrected chi connectivity index (χ4v) is 4.83. The lowest BCUT2D eigenvalue weighted by molar-refractivity contribution is -0.384. The van der Waals surface area contributed by atoms with Crippen LogP contribution in [0.2, 0.25) is 5.02 Å². The molecule has 0 aliphatic carbocycles. The lowest BCUT2D eigenvalue weighted by atomic mass is 10.1. The van der Waals surface area contributed by atoms with Gasteiger partial charge in [0.2, 0.25) is 0 Å². The quantitative estimate of drug-likeness (QED) is 0.244. The van der Waals surface area contributed by atoms with Crippen molar-refractivity contribution in [2.75, 3.05) is 14.2 Å². The summed E-state index contributed by atoms with van der Waals surface area (Å²) in [5.74, 6) is 0.844. The van der Waals surface area contributed by atoms with Gasteiger partial charge in [-0.05, 0) is 71.8 Å². The van der Waals surface area contributed by atoms with Crippen molar-refractivity contribution in [3.8, 4) is 33.2 Å². The Labute approximate surface area is 209 Å². The lowest BCUT2D eigenvalue weighted by Crippen LogP contribution is -2.14. The van der Waals surface area contributed by atoms with E-state index in [0.717, 1.165) is 39.3 Å². The van der Waals surface area contributed by atoms with Crippen molar-refractivity contribution in [2.45, 2.75) is 0 Å². The van der Waals surface area contributed by atoms with Crippen LogP contribution in [0, 0.1) is 10.1 Å². The van der Waals surface area contributed by atoms with Crippen molar-refractivity contribution < 1.29 is 19.2 Å². The van der Waals surface area contributed by atoms with Crippen molar-refractivity contribution in [2.24, 2.45) is 12.0 Å². The molecule has 0 saturated carbocycles. The van der Waals surface area contributed by atoms with E-state index < -0.39 is 10.8 Å². The van der Waals surface area contributed by atoms with Gasteiger partial charge in [0.05, 0.1) is 29.7 Å². The van der Waals surface area contributed by atoms with Crippen molar-refractivity contribution in [1.29, 1.82) is 0 Å². The lowest BCUT2D eigenvalue weighted by Gasteiger charge is -2.09. The molecule has 0 radical (unpaired) electrons. The first-order chi connectivity index (χ1) is 16.8. The van der Waals surface area contributed by atoms with E-state index in [4.69, 9.17) is 21.1 Å². The largest absolute Gasteiger partial charge is 0.497 e. The maximum atomic E-state index is 12.9. The number of hydrogen-bond acceptors (Lipinski definition) is 6. The number of halogens is 1. The number of amides is 1. The van der Waals surface area contributed by atoms with E-state index in [1.54, 1.807) is 14.2 Å². The van der Waals surface area contributed by atoms with Gasteiger partial charge in [-0.25, -0.2) is 0 Å². The number of rotatable bonds is 6. The Morgan fingerprint density at radius 2 is 1.54 bits per heavy atom. The Balaban J connectivity index is 1.87. The summed E-state index contributed by atoms with van der Waals surface area (Å²) in [5.41, 5.74) is 2.42. The molecule has 4 rings (SSSR count). The highest BCUT2D eigenvalue weighted by atomic mass is 35.5. The number of aromatic nitrogens is 1. The van der Waals surface area contributed by atoms with E-state index in [0.29, 0.717) is 4.80 Å². The second-order valence-electron chi connectivity index (χ2n) is 7.42. The molecule has 0 aliphatic heterocycles. The Morgan fingerprint density at radius 3 is 2.09 bits per heavy atom. The fraction of sp³-hybridized carbons (Fsp3) is 0.120.